The van der Waals surface area contributed by atoms with Gasteiger partial charge in [-0.2, -0.15) is 0 Å². The van der Waals surface area contributed by atoms with E-state index in [1.807, 2.05) is 56.3 Å². The molecule has 0 spiro atoms. The molecule has 4 aromatic rings. The fourth-order valence-corrected chi connectivity index (χ4v) is 5.24. The number of anilines is 2. The predicted molar refractivity (Wildman–Crippen MR) is 143 cm³/mol. The number of nitrogens with zero attached hydrogens (tertiary/aromatic N) is 1. The Kier molecular flexibility index (Phi) is 7.71. The Morgan fingerprint density at radius 2 is 1.47 bits per heavy atom. The van der Waals surface area contributed by atoms with Gasteiger partial charge >= 0.3 is 0 Å². The number of ether oxygens (including phenoxy) is 1. The van der Waals surface area contributed by atoms with Gasteiger partial charge in [0.05, 0.1) is 16.3 Å². The highest BCUT2D eigenvalue weighted by atomic mass is 32.2. The van der Waals surface area contributed by atoms with Gasteiger partial charge in [0.15, 0.2) is 5.75 Å². The molecule has 0 atom stereocenters. The predicted octanol–water partition coefficient (Wildman–Crippen LogP) is 6.18. The normalized spacial score (nSPS) is 11.1. The molecule has 1 N–H and O–H groups in total. The van der Waals surface area contributed by atoms with Crippen molar-refractivity contribution in [2.45, 2.75) is 25.2 Å². The summed E-state index contributed by atoms with van der Waals surface area (Å²) in [6.45, 7) is 3.45. The van der Waals surface area contributed by atoms with Crippen molar-refractivity contribution >= 4 is 27.3 Å². The third kappa shape index (κ3) is 5.75. The summed E-state index contributed by atoms with van der Waals surface area (Å²) < 4.78 is 34.6. The quantitative estimate of drug-likeness (QED) is 0.298. The van der Waals surface area contributed by atoms with Crippen LogP contribution in [0.3, 0.4) is 0 Å². The summed E-state index contributed by atoms with van der Waals surface area (Å²) >= 11 is 0. The van der Waals surface area contributed by atoms with Gasteiger partial charge in [-0.15, -0.1) is 0 Å². The minimum absolute atomic E-state index is 0.125. The van der Waals surface area contributed by atoms with Crippen LogP contribution in [0.5, 0.6) is 11.5 Å². The third-order valence-corrected chi connectivity index (χ3v) is 7.44. The second-order valence-electron chi connectivity index (χ2n) is 8.27. The monoisotopic (exact) mass is 500 g/mol. The van der Waals surface area contributed by atoms with E-state index in [1.165, 1.54) is 4.31 Å². The molecule has 7 heteroatoms. The summed E-state index contributed by atoms with van der Waals surface area (Å²) in [6, 6.07) is 30.1. The van der Waals surface area contributed by atoms with Gasteiger partial charge in [0, 0.05) is 0 Å². The summed E-state index contributed by atoms with van der Waals surface area (Å²) in [5.74, 6) is 0.597. The molecule has 0 radical (unpaired) electrons. The van der Waals surface area contributed by atoms with Gasteiger partial charge in [-0.05, 0) is 61.4 Å². The number of aryl methyl sites for hydroxylation is 2. The second-order valence-corrected chi connectivity index (χ2v) is 10.1. The van der Waals surface area contributed by atoms with Crippen molar-refractivity contribution in [1.29, 1.82) is 0 Å². The molecular weight excluding hydrogens is 472 g/mol. The molecule has 6 nitrogen and oxygen atoms in total. The zero-order chi connectivity index (χ0) is 25.5. The maximum absolute atomic E-state index is 13.7. The summed E-state index contributed by atoms with van der Waals surface area (Å²) in [6.07, 6.45) is 0.617. The minimum Gasteiger partial charge on any atom is -0.455 e. The maximum Gasteiger partial charge on any atom is 0.264 e. The molecule has 0 aromatic heterocycles. The fourth-order valence-electron chi connectivity index (χ4n) is 3.78. The lowest BCUT2D eigenvalue weighted by Gasteiger charge is -2.26. The highest BCUT2D eigenvalue weighted by Gasteiger charge is 2.28. The molecule has 0 fully saturated rings. The van der Waals surface area contributed by atoms with Crippen molar-refractivity contribution < 1.29 is 17.9 Å². The molecule has 4 aromatic carbocycles. The highest BCUT2D eigenvalue weighted by molar-refractivity contribution is 7.92. The van der Waals surface area contributed by atoms with Gasteiger partial charge < -0.3 is 10.1 Å². The smallest absolute Gasteiger partial charge is 0.264 e. The van der Waals surface area contributed by atoms with Gasteiger partial charge in [0.25, 0.3) is 10.0 Å². The molecular formula is C29H28N2O4S. The summed E-state index contributed by atoms with van der Waals surface area (Å²) in [7, 11) is -4.01. The zero-order valence-electron chi connectivity index (χ0n) is 20.2. The van der Waals surface area contributed by atoms with Crippen LogP contribution in [0.15, 0.2) is 108 Å². The van der Waals surface area contributed by atoms with Crippen LogP contribution in [0.4, 0.5) is 11.4 Å². The van der Waals surface area contributed by atoms with Crippen molar-refractivity contribution in [2.75, 3.05) is 16.2 Å². The fraction of sp³-hybridized carbons (Fsp3) is 0.138. The molecule has 1 amide bonds. The van der Waals surface area contributed by atoms with Crippen LogP contribution in [0, 0.1) is 6.92 Å². The Morgan fingerprint density at radius 3 is 2.19 bits per heavy atom. The Morgan fingerprint density at radius 1 is 0.833 bits per heavy atom. The Bertz CT molecular complexity index is 1440. The molecule has 36 heavy (non-hydrogen) atoms. The average molecular weight is 501 g/mol. The van der Waals surface area contributed by atoms with Crippen LogP contribution in [0.25, 0.3) is 0 Å². The number of carbonyl (C=O) groups excluding carboxylic acids is 1. The van der Waals surface area contributed by atoms with Gasteiger partial charge in [-0.25, -0.2) is 8.42 Å². The number of amides is 1. The number of sulfonamides is 1. The van der Waals surface area contributed by atoms with E-state index in [2.05, 4.69) is 5.32 Å². The zero-order valence-corrected chi connectivity index (χ0v) is 21.0. The number of hydrogen-bond donors (Lipinski definition) is 1. The van der Waals surface area contributed by atoms with Gasteiger partial charge in [0.1, 0.15) is 12.3 Å². The van der Waals surface area contributed by atoms with Gasteiger partial charge in [0.2, 0.25) is 5.91 Å². The van der Waals surface area contributed by atoms with Crippen LogP contribution in [-0.2, 0) is 21.2 Å². The van der Waals surface area contributed by atoms with E-state index in [-0.39, 0.29) is 4.90 Å². The standard InChI is InChI=1S/C29H28N2O4S/c1-3-23-11-7-9-15-27(23)31(36(33,34)25-19-17-22(2)18-20-25)21-29(32)30-26-14-8-10-16-28(26)35-24-12-5-4-6-13-24/h4-20H,3,21H2,1-2H3,(H,30,32). The maximum atomic E-state index is 13.7. The first kappa shape index (κ1) is 25.0. The van der Waals surface area contributed by atoms with Crippen LogP contribution >= 0.6 is 0 Å². The third-order valence-electron chi connectivity index (χ3n) is 5.67. The van der Waals surface area contributed by atoms with Crippen LogP contribution in [-0.4, -0.2) is 20.9 Å². The van der Waals surface area contributed by atoms with E-state index < -0.39 is 22.5 Å². The van der Waals surface area contributed by atoms with Crippen molar-refractivity contribution in [1.82, 2.24) is 0 Å². The first-order chi connectivity index (χ1) is 17.4. The van der Waals surface area contributed by atoms with Crippen molar-refractivity contribution in [3.05, 3.63) is 114 Å². The molecule has 0 bridgehead atoms. The van der Waals surface area contributed by atoms with Crippen LogP contribution in [0.2, 0.25) is 0 Å². The van der Waals surface area contributed by atoms with Crippen molar-refractivity contribution in [3.8, 4) is 11.5 Å². The van der Waals surface area contributed by atoms with E-state index in [1.54, 1.807) is 60.7 Å². The molecule has 0 heterocycles. The molecule has 0 aliphatic carbocycles. The summed E-state index contributed by atoms with van der Waals surface area (Å²) in [5.41, 5.74) is 2.70. The molecule has 4 rings (SSSR count). The highest BCUT2D eigenvalue weighted by Crippen LogP contribution is 2.31. The van der Waals surface area contributed by atoms with Crippen LogP contribution < -0.4 is 14.4 Å². The van der Waals surface area contributed by atoms with Crippen molar-refractivity contribution in [2.24, 2.45) is 0 Å². The molecule has 0 unspecified atom stereocenters. The number of hydrogen-bond acceptors (Lipinski definition) is 4. The largest absolute Gasteiger partial charge is 0.455 e. The number of benzene rings is 4. The number of rotatable bonds is 9. The second kappa shape index (κ2) is 11.1. The lowest BCUT2D eigenvalue weighted by Crippen LogP contribution is -2.38. The lowest BCUT2D eigenvalue weighted by molar-refractivity contribution is -0.114. The van der Waals surface area contributed by atoms with E-state index in [0.29, 0.717) is 29.3 Å². The minimum atomic E-state index is -4.01. The molecule has 184 valence electrons. The summed E-state index contributed by atoms with van der Waals surface area (Å²) in [5, 5.41) is 2.83. The van der Waals surface area contributed by atoms with Gasteiger partial charge in [-0.3, -0.25) is 9.10 Å². The average Bonchev–Trinajstić information content (AvgIpc) is 2.89. The lowest BCUT2D eigenvalue weighted by atomic mass is 10.1. The Hall–Kier alpha value is -4.10. The van der Waals surface area contributed by atoms with Crippen LogP contribution in [0.1, 0.15) is 18.1 Å². The number of nitrogens with one attached hydrogen (secondary N) is 1. The number of para-hydroxylation sites is 4. The molecule has 0 saturated carbocycles. The topological polar surface area (TPSA) is 75.7 Å². The molecule has 0 aliphatic rings. The van der Waals surface area contributed by atoms with E-state index in [9.17, 15) is 13.2 Å². The van der Waals surface area contributed by atoms with E-state index in [0.717, 1.165) is 11.1 Å². The number of carbonyl (C=O) groups is 1. The Balaban J connectivity index is 1.65. The van der Waals surface area contributed by atoms with Gasteiger partial charge in [-0.1, -0.05) is 73.2 Å². The first-order valence-corrected chi connectivity index (χ1v) is 13.1. The van der Waals surface area contributed by atoms with E-state index in [4.69, 9.17) is 4.74 Å². The summed E-state index contributed by atoms with van der Waals surface area (Å²) in [4.78, 5) is 13.4. The SMILES string of the molecule is CCc1ccccc1N(CC(=O)Nc1ccccc1Oc1ccccc1)S(=O)(=O)c1ccc(C)cc1. The first-order valence-electron chi connectivity index (χ1n) is 11.7. The Labute approximate surface area is 212 Å². The van der Waals surface area contributed by atoms with E-state index >= 15 is 0 Å². The molecule has 0 saturated heterocycles. The molecule has 0 aliphatic heterocycles. The van der Waals surface area contributed by atoms with Crippen molar-refractivity contribution in [3.63, 3.8) is 0 Å².